The third-order valence-corrected chi connectivity index (χ3v) is 12.0. The number of aromatic amines is 1. The molecule has 6 rings (SSSR count). The van der Waals surface area contributed by atoms with E-state index in [-0.39, 0.29) is 36.3 Å². The van der Waals surface area contributed by atoms with Gasteiger partial charge in [0.1, 0.15) is 11.8 Å². The molecule has 10 nitrogen and oxygen atoms in total. The molecule has 4 aliphatic rings. The summed E-state index contributed by atoms with van der Waals surface area (Å²) in [5.74, 6) is 0.238. The molecule has 246 valence electrons. The molecule has 4 aliphatic carbocycles. The highest BCUT2D eigenvalue weighted by Crippen LogP contribution is 2.66. The van der Waals surface area contributed by atoms with Gasteiger partial charge in [-0.05, 0) is 105 Å². The van der Waals surface area contributed by atoms with Gasteiger partial charge >= 0.3 is 5.97 Å². The number of Topliss-reactive ketones (excluding diaryl/α,β-unsaturated/α-hetero) is 1. The number of carbonyl (C=O) groups excluding carboxylic acids is 3. The lowest BCUT2D eigenvalue weighted by Gasteiger charge is -2.58. The Bertz CT molecular complexity index is 1590. The topological polar surface area (TPSA) is 150 Å². The molecule has 2 aromatic rings. The number of aliphatic carboxylic acids is 1. The first-order valence-electron chi connectivity index (χ1n) is 16.7. The number of hydrogen-bond donors (Lipinski definition) is 4. The minimum Gasteiger partial charge on any atom is -0.480 e. The van der Waals surface area contributed by atoms with Crippen LogP contribution in [0.1, 0.15) is 77.7 Å². The normalized spacial score (nSPS) is 31.6. The van der Waals surface area contributed by atoms with Crippen LogP contribution in [0.5, 0.6) is 0 Å². The van der Waals surface area contributed by atoms with Crippen LogP contribution >= 0.6 is 0 Å². The lowest BCUT2D eigenvalue weighted by atomic mass is 9.46. The predicted molar refractivity (Wildman–Crippen MR) is 174 cm³/mol. The van der Waals surface area contributed by atoms with E-state index >= 15 is 0 Å². The van der Waals surface area contributed by atoms with E-state index in [0.29, 0.717) is 23.5 Å². The molecule has 2 amide bonds. The fraction of sp³-hybridized carbons (Fsp3) is 0.583. The number of carbonyl (C=O) groups is 4. The van der Waals surface area contributed by atoms with Gasteiger partial charge in [-0.1, -0.05) is 42.8 Å². The van der Waals surface area contributed by atoms with E-state index in [1.54, 1.807) is 13.1 Å². The van der Waals surface area contributed by atoms with Crippen molar-refractivity contribution in [2.75, 3.05) is 13.2 Å². The van der Waals surface area contributed by atoms with Crippen molar-refractivity contribution in [3.63, 3.8) is 0 Å². The number of carboxylic acid groups (broad SMARTS) is 1. The molecule has 10 heteroatoms. The Balaban J connectivity index is 0.983. The first-order chi connectivity index (χ1) is 22.0. The molecule has 1 heterocycles. The van der Waals surface area contributed by atoms with E-state index in [0.717, 1.165) is 60.7 Å². The van der Waals surface area contributed by atoms with Gasteiger partial charge in [0.15, 0.2) is 6.61 Å². The lowest BCUT2D eigenvalue weighted by molar-refractivity contribution is -0.141. The van der Waals surface area contributed by atoms with Gasteiger partial charge in [0, 0.05) is 29.4 Å². The number of nitrogens with zero attached hydrogens (tertiary/aromatic N) is 1. The van der Waals surface area contributed by atoms with Gasteiger partial charge in [-0.2, -0.15) is 0 Å². The number of aromatic nitrogens is 1. The van der Waals surface area contributed by atoms with Crippen molar-refractivity contribution in [1.29, 1.82) is 0 Å². The van der Waals surface area contributed by atoms with Gasteiger partial charge in [-0.15, -0.1) is 0 Å². The second kappa shape index (κ2) is 12.7. The average Bonchev–Trinajstić information content (AvgIpc) is 3.60. The molecule has 3 saturated carbocycles. The highest BCUT2D eigenvalue weighted by Gasteiger charge is 2.59. The molecule has 0 aliphatic heterocycles. The number of fused-ring (bicyclic) bond motifs is 6. The maximum Gasteiger partial charge on any atom is 0.326 e. The van der Waals surface area contributed by atoms with Crippen LogP contribution in [-0.2, 0) is 30.4 Å². The summed E-state index contributed by atoms with van der Waals surface area (Å²) in [6.45, 7) is 5.88. The summed E-state index contributed by atoms with van der Waals surface area (Å²) in [6.07, 6.45) is 12.5. The van der Waals surface area contributed by atoms with Crippen LogP contribution < -0.4 is 10.6 Å². The number of oxime groups is 1. The van der Waals surface area contributed by atoms with Gasteiger partial charge in [0.05, 0.1) is 12.3 Å². The minimum atomic E-state index is -1.16. The van der Waals surface area contributed by atoms with Crippen LogP contribution in [0.2, 0.25) is 0 Å². The van der Waals surface area contributed by atoms with Crippen LogP contribution in [0.3, 0.4) is 0 Å². The van der Waals surface area contributed by atoms with Gasteiger partial charge in [-0.25, -0.2) is 4.79 Å². The van der Waals surface area contributed by atoms with Crippen LogP contribution in [-0.4, -0.2) is 58.6 Å². The maximum absolute atomic E-state index is 12.5. The lowest BCUT2D eigenvalue weighted by Crippen LogP contribution is -2.51. The number of allylic oxidation sites excluding steroid dienone is 2. The molecule has 1 aromatic carbocycles. The summed E-state index contributed by atoms with van der Waals surface area (Å²) in [5, 5.41) is 19.8. The molecule has 0 bridgehead atoms. The molecule has 0 saturated heterocycles. The molecule has 1 aromatic heterocycles. The van der Waals surface area contributed by atoms with Crippen LogP contribution in [0.15, 0.2) is 47.3 Å². The van der Waals surface area contributed by atoms with E-state index in [1.807, 2.05) is 24.3 Å². The number of benzene rings is 1. The minimum absolute atomic E-state index is 0.107. The summed E-state index contributed by atoms with van der Waals surface area (Å²) >= 11 is 0. The fourth-order valence-electron chi connectivity index (χ4n) is 9.68. The Kier molecular flexibility index (Phi) is 8.83. The van der Waals surface area contributed by atoms with Crippen molar-refractivity contribution < 1.29 is 29.1 Å². The molecule has 46 heavy (non-hydrogen) atoms. The smallest absolute Gasteiger partial charge is 0.326 e. The number of H-pyrrole nitrogens is 1. The monoisotopic (exact) mass is 630 g/mol. The SMILES string of the molecule is CC(=O)[C@H]1CC[C@H]2[C@@H]3CCC4=C/C(=N/OCC(=O)NCC(=O)N[C@H](Cc5c[nH]c6ccccc56)C(=O)O)CC[C@]4(C)[C@H]3CC[C@]12C. The molecule has 3 fully saturated rings. The number of ketones is 1. The predicted octanol–water partition coefficient (Wildman–Crippen LogP) is 4.94. The van der Waals surface area contributed by atoms with E-state index < -0.39 is 23.8 Å². The van der Waals surface area contributed by atoms with E-state index in [9.17, 15) is 24.3 Å². The number of hydrogen-bond acceptors (Lipinski definition) is 6. The summed E-state index contributed by atoms with van der Waals surface area (Å²) in [5.41, 5.74) is 4.20. The van der Waals surface area contributed by atoms with Gasteiger partial charge in [0.2, 0.25) is 5.91 Å². The second-order valence-electron chi connectivity index (χ2n) is 14.4. The zero-order valence-electron chi connectivity index (χ0n) is 27.1. The average molecular weight is 631 g/mol. The molecule has 0 radical (unpaired) electrons. The number of para-hydroxylation sites is 1. The zero-order valence-corrected chi connectivity index (χ0v) is 27.1. The highest BCUT2D eigenvalue weighted by molar-refractivity contribution is 5.96. The van der Waals surface area contributed by atoms with Crippen molar-refractivity contribution in [3.8, 4) is 0 Å². The number of carboxylic acids is 1. The van der Waals surface area contributed by atoms with Gasteiger partial charge in [0.25, 0.3) is 5.91 Å². The third kappa shape index (κ3) is 5.98. The van der Waals surface area contributed by atoms with Crippen LogP contribution in [0, 0.1) is 34.5 Å². The van der Waals surface area contributed by atoms with E-state index in [1.165, 1.54) is 18.4 Å². The molecule has 0 unspecified atom stereocenters. The Hall–Kier alpha value is -3.95. The molecular formula is C36H46N4O6. The van der Waals surface area contributed by atoms with Crippen molar-refractivity contribution in [1.82, 2.24) is 15.6 Å². The first-order valence-corrected chi connectivity index (χ1v) is 16.7. The van der Waals surface area contributed by atoms with Crippen molar-refractivity contribution in [3.05, 3.63) is 47.7 Å². The van der Waals surface area contributed by atoms with E-state index in [2.05, 4.69) is 40.7 Å². The standard InChI is InChI=1S/C36H46N4O6/c1-21(41)27-10-11-28-26-9-8-23-17-24(12-14-35(23,2)29(26)13-15-36(27,28)3)40-46-20-33(43)38-19-32(42)39-31(34(44)45)16-22-18-37-30-7-5-4-6-25(22)30/h4-7,17-18,26-29,31,37H,8-16,19-20H2,1-3H3,(H,38,43)(H,39,42)(H,44,45)/b40-24+/t26-,27+,28-,29-,31+,35-,36+/m0/s1. The number of amides is 2. The maximum atomic E-state index is 12.5. The second-order valence-corrected chi connectivity index (χ2v) is 14.4. The van der Waals surface area contributed by atoms with Gasteiger partial charge < -0.3 is 25.6 Å². The Morgan fingerprint density at radius 1 is 1.04 bits per heavy atom. The Morgan fingerprint density at radius 3 is 2.63 bits per heavy atom. The zero-order chi connectivity index (χ0) is 32.6. The third-order valence-electron chi connectivity index (χ3n) is 12.0. The van der Waals surface area contributed by atoms with Crippen LogP contribution in [0.25, 0.3) is 10.9 Å². The summed E-state index contributed by atoms with van der Waals surface area (Å²) in [6, 6.07) is 6.41. The molecule has 4 N–H and O–H groups in total. The quantitative estimate of drug-likeness (QED) is 0.273. The fourth-order valence-corrected chi connectivity index (χ4v) is 9.68. The van der Waals surface area contributed by atoms with Crippen LogP contribution in [0.4, 0.5) is 0 Å². The Labute approximate surface area is 269 Å². The summed E-state index contributed by atoms with van der Waals surface area (Å²) in [4.78, 5) is 57.6. The van der Waals surface area contributed by atoms with Crippen molar-refractivity contribution in [2.45, 2.75) is 84.6 Å². The molecule has 7 atom stereocenters. The highest BCUT2D eigenvalue weighted by atomic mass is 16.6. The number of rotatable bonds is 10. The van der Waals surface area contributed by atoms with Crippen molar-refractivity contribution in [2.24, 2.45) is 39.7 Å². The Morgan fingerprint density at radius 2 is 1.85 bits per heavy atom. The van der Waals surface area contributed by atoms with E-state index in [4.69, 9.17) is 4.84 Å². The molecular weight excluding hydrogens is 584 g/mol. The van der Waals surface area contributed by atoms with Crippen molar-refractivity contribution >= 4 is 40.2 Å². The summed E-state index contributed by atoms with van der Waals surface area (Å²) < 4.78 is 0. The number of nitrogens with one attached hydrogen (secondary N) is 3. The summed E-state index contributed by atoms with van der Waals surface area (Å²) in [7, 11) is 0. The van der Waals surface area contributed by atoms with Gasteiger partial charge in [-0.3, -0.25) is 14.4 Å². The largest absolute Gasteiger partial charge is 0.480 e. The first kappa shape index (κ1) is 32.0. The molecule has 0 spiro atoms.